The number of thiophene rings is 1. The van der Waals surface area contributed by atoms with Crippen molar-refractivity contribution >= 4 is 33.1 Å². The number of nitrogens with one attached hydrogen (secondary N) is 1. The third-order valence-electron chi connectivity index (χ3n) is 4.57. The van der Waals surface area contributed by atoms with Gasteiger partial charge in [-0.05, 0) is 37.5 Å². The molecule has 0 aliphatic heterocycles. The molecule has 8 heteroatoms. The summed E-state index contributed by atoms with van der Waals surface area (Å²) in [5.74, 6) is 1.73. The van der Waals surface area contributed by atoms with Crippen LogP contribution in [0.5, 0.6) is 0 Å². The van der Waals surface area contributed by atoms with E-state index >= 15 is 0 Å². The van der Waals surface area contributed by atoms with Crippen molar-refractivity contribution in [3.8, 4) is 11.6 Å². The summed E-state index contributed by atoms with van der Waals surface area (Å²) in [7, 11) is 0. The first-order chi connectivity index (χ1) is 12.7. The molecule has 4 aromatic rings. The third-order valence-corrected chi connectivity index (χ3v) is 5.61. The highest BCUT2D eigenvalue weighted by atomic mass is 32.1. The van der Waals surface area contributed by atoms with Gasteiger partial charge in [0.2, 0.25) is 11.8 Å². The zero-order valence-electron chi connectivity index (χ0n) is 15.0. The number of furan rings is 1. The number of hydrogen-bond donors (Lipinski definition) is 2. The van der Waals surface area contributed by atoms with E-state index in [9.17, 15) is 5.11 Å². The normalized spacial score (nSPS) is 12.9. The van der Waals surface area contributed by atoms with Gasteiger partial charge >= 0.3 is 0 Å². The average molecular weight is 371 g/mol. The molecule has 0 spiro atoms. The number of aromatic nitrogens is 4. The van der Waals surface area contributed by atoms with Crippen molar-refractivity contribution in [2.24, 2.45) is 0 Å². The first-order valence-electron chi connectivity index (χ1n) is 8.76. The van der Waals surface area contributed by atoms with Crippen molar-refractivity contribution in [1.82, 2.24) is 19.6 Å². The van der Waals surface area contributed by atoms with Crippen LogP contribution in [-0.4, -0.2) is 37.3 Å². The highest BCUT2D eigenvalue weighted by Gasteiger charge is 2.21. The van der Waals surface area contributed by atoms with Crippen molar-refractivity contribution in [3.05, 3.63) is 28.8 Å². The number of nitrogens with zero attached hydrogens (tertiary/aromatic N) is 4. The molecule has 0 saturated carbocycles. The van der Waals surface area contributed by atoms with Crippen LogP contribution in [-0.2, 0) is 6.42 Å². The van der Waals surface area contributed by atoms with Crippen LogP contribution in [0.3, 0.4) is 0 Å². The van der Waals surface area contributed by atoms with E-state index in [-0.39, 0.29) is 12.6 Å². The molecule has 4 rings (SSSR count). The topological polar surface area (TPSA) is 88.5 Å². The monoisotopic (exact) mass is 371 g/mol. The van der Waals surface area contributed by atoms with E-state index in [1.165, 1.54) is 10.4 Å². The third kappa shape index (κ3) is 2.65. The van der Waals surface area contributed by atoms with Crippen LogP contribution in [0.15, 0.2) is 22.8 Å². The Bertz CT molecular complexity index is 1050. The number of aliphatic hydroxyl groups is 1. The van der Waals surface area contributed by atoms with E-state index in [4.69, 9.17) is 14.4 Å². The van der Waals surface area contributed by atoms with Crippen LogP contribution < -0.4 is 5.32 Å². The van der Waals surface area contributed by atoms with Gasteiger partial charge in [0, 0.05) is 4.88 Å². The number of anilines is 1. The average Bonchev–Trinajstić information content (AvgIpc) is 3.36. The summed E-state index contributed by atoms with van der Waals surface area (Å²) < 4.78 is 7.20. The van der Waals surface area contributed by atoms with Gasteiger partial charge in [-0.3, -0.25) is 0 Å². The number of aryl methyl sites for hydroxylation is 2. The van der Waals surface area contributed by atoms with Gasteiger partial charge in [-0.25, -0.2) is 9.97 Å². The van der Waals surface area contributed by atoms with Crippen molar-refractivity contribution in [2.75, 3.05) is 11.9 Å². The van der Waals surface area contributed by atoms with Gasteiger partial charge in [0.25, 0.3) is 0 Å². The fourth-order valence-corrected chi connectivity index (χ4v) is 4.23. The molecule has 0 aromatic carbocycles. The molecule has 2 N–H and O–H groups in total. The SMILES string of the molecule is CCc1c(C)sc2nc(N[C@@H](CC)CO)n3nc(-c4ccco4)nc3c12. The first-order valence-corrected chi connectivity index (χ1v) is 9.57. The van der Waals surface area contributed by atoms with Crippen molar-refractivity contribution in [2.45, 2.75) is 39.7 Å². The van der Waals surface area contributed by atoms with E-state index in [1.807, 2.05) is 19.1 Å². The highest BCUT2D eigenvalue weighted by molar-refractivity contribution is 7.18. The van der Waals surface area contributed by atoms with Crippen LogP contribution in [0.2, 0.25) is 0 Å². The van der Waals surface area contributed by atoms with Crippen LogP contribution >= 0.6 is 11.3 Å². The summed E-state index contributed by atoms with van der Waals surface area (Å²) in [6.07, 6.45) is 3.30. The van der Waals surface area contributed by atoms with Gasteiger partial charge in [0.1, 0.15) is 4.83 Å². The maximum atomic E-state index is 9.57. The molecule has 0 bridgehead atoms. The molecule has 0 aliphatic rings. The molecule has 4 aromatic heterocycles. The van der Waals surface area contributed by atoms with Crippen molar-refractivity contribution < 1.29 is 9.52 Å². The second kappa shape index (κ2) is 6.69. The van der Waals surface area contributed by atoms with Gasteiger partial charge in [0.05, 0.1) is 24.3 Å². The largest absolute Gasteiger partial charge is 0.461 e. The van der Waals surface area contributed by atoms with E-state index in [2.05, 4.69) is 24.3 Å². The lowest BCUT2D eigenvalue weighted by Crippen LogP contribution is -2.25. The Balaban J connectivity index is 2.00. The molecule has 7 nitrogen and oxygen atoms in total. The van der Waals surface area contributed by atoms with E-state index in [0.717, 1.165) is 28.7 Å². The Morgan fingerprint density at radius 1 is 1.35 bits per heavy atom. The number of hydrogen-bond acceptors (Lipinski definition) is 7. The molecule has 26 heavy (non-hydrogen) atoms. The van der Waals surface area contributed by atoms with Gasteiger partial charge in [-0.1, -0.05) is 13.8 Å². The Morgan fingerprint density at radius 3 is 2.85 bits per heavy atom. The first kappa shape index (κ1) is 17.0. The predicted octanol–water partition coefficient (Wildman–Crippen LogP) is 3.65. The fraction of sp³-hybridized carbons (Fsp3) is 0.389. The fourth-order valence-electron chi connectivity index (χ4n) is 3.13. The summed E-state index contributed by atoms with van der Waals surface area (Å²) >= 11 is 1.66. The van der Waals surface area contributed by atoms with E-state index in [0.29, 0.717) is 17.5 Å². The smallest absolute Gasteiger partial charge is 0.227 e. The predicted molar refractivity (Wildman–Crippen MR) is 103 cm³/mol. The standard InChI is InChI=1S/C18H21N5O2S/c1-4-11(9-24)19-18-21-17-14(12(5-2)10(3)26-17)16-20-15(22-23(16)18)13-7-6-8-25-13/h6-8,11,24H,4-5,9H2,1-3H3,(H,19,21)/t11-/m0/s1. The zero-order chi connectivity index (χ0) is 18.3. The molecule has 0 fully saturated rings. The second-order valence-corrected chi connectivity index (χ2v) is 7.39. The van der Waals surface area contributed by atoms with Gasteiger partial charge < -0.3 is 14.8 Å². The lowest BCUT2D eigenvalue weighted by molar-refractivity contribution is 0.271. The minimum atomic E-state index is -0.0916. The summed E-state index contributed by atoms with van der Waals surface area (Å²) in [5, 5.41) is 18.5. The summed E-state index contributed by atoms with van der Waals surface area (Å²) in [6, 6.07) is 3.57. The highest BCUT2D eigenvalue weighted by Crippen LogP contribution is 2.34. The Hall–Kier alpha value is -2.45. The molecular formula is C18H21N5O2S. The second-order valence-electron chi connectivity index (χ2n) is 6.19. The van der Waals surface area contributed by atoms with Gasteiger partial charge in [0.15, 0.2) is 11.4 Å². The molecule has 4 heterocycles. The summed E-state index contributed by atoms with van der Waals surface area (Å²) in [4.78, 5) is 11.7. The maximum absolute atomic E-state index is 9.57. The van der Waals surface area contributed by atoms with Crippen LogP contribution in [0.1, 0.15) is 30.7 Å². The summed E-state index contributed by atoms with van der Waals surface area (Å²) in [5.41, 5.74) is 2.01. The molecule has 1 atom stereocenters. The number of aliphatic hydroxyl groups excluding tert-OH is 1. The zero-order valence-corrected chi connectivity index (χ0v) is 15.8. The molecule has 0 amide bonds. The van der Waals surface area contributed by atoms with E-state index in [1.54, 1.807) is 22.1 Å². The minimum Gasteiger partial charge on any atom is -0.461 e. The van der Waals surface area contributed by atoms with Gasteiger partial charge in [-0.15, -0.1) is 16.4 Å². The Kier molecular flexibility index (Phi) is 4.37. The number of rotatable bonds is 6. The van der Waals surface area contributed by atoms with Crippen LogP contribution in [0.4, 0.5) is 5.95 Å². The maximum Gasteiger partial charge on any atom is 0.227 e. The summed E-state index contributed by atoms with van der Waals surface area (Å²) in [6.45, 7) is 6.30. The van der Waals surface area contributed by atoms with Crippen LogP contribution in [0.25, 0.3) is 27.4 Å². The molecule has 0 saturated heterocycles. The van der Waals surface area contributed by atoms with Gasteiger partial charge in [-0.2, -0.15) is 4.52 Å². The van der Waals surface area contributed by atoms with Crippen molar-refractivity contribution in [1.29, 1.82) is 0 Å². The quantitative estimate of drug-likeness (QED) is 0.538. The molecule has 0 radical (unpaired) electrons. The Morgan fingerprint density at radius 2 is 2.19 bits per heavy atom. The molecule has 0 aliphatic carbocycles. The van der Waals surface area contributed by atoms with Crippen molar-refractivity contribution in [3.63, 3.8) is 0 Å². The van der Waals surface area contributed by atoms with E-state index < -0.39 is 0 Å². The lowest BCUT2D eigenvalue weighted by Gasteiger charge is -2.15. The Labute approximate surface area is 154 Å². The minimum absolute atomic E-state index is 0.0289. The molecule has 0 unspecified atom stereocenters. The molecular weight excluding hydrogens is 350 g/mol. The lowest BCUT2D eigenvalue weighted by atomic mass is 10.1. The number of fused-ring (bicyclic) bond motifs is 3. The van der Waals surface area contributed by atoms with Crippen LogP contribution in [0, 0.1) is 6.92 Å². The molecule has 136 valence electrons.